The summed E-state index contributed by atoms with van der Waals surface area (Å²) in [6.07, 6.45) is 2.51. The number of piperidine rings is 2. The number of carbonyl (C=O) groups is 4. The Labute approximate surface area is 259 Å². The monoisotopic (exact) mass is 604 g/mol. The molecule has 0 radical (unpaired) electrons. The Bertz CT molecular complexity index is 1360. The number of para-hydroxylation sites is 1. The quantitative estimate of drug-likeness (QED) is 0.442. The minimum atomic E-state index is -0.789. The molecule has 3 aliphatic heterocycles. The first-order valence-corrected chi connectivity index (χ1v) is 15.6. The lowest BCUT2D eigenvalue weighted by molar-refractivity contribution is -0.136. The summed E-state index contributed by atoms with van der Waals surface area (Å²) >= 11 is 0. The zero-order valence-electron chi connectivity index (χ0n) is 26.3. The lowest BCUT2D eigenvalue weighted by Gasteiger charge is -2.43. The van der Waals surface area contributed by atoms with Gasteiger partial charge in [-0.25, -0.2) is 9.59 Å². The van der Waals surface area contributed by atoms with Crippen LogP contribution in [0.3, 0.4) is 0 Å². The highest BCUT2D eigenvalue weighted by Gasteiger charge is 2.54. The van der Waals surface area contributed by atoms with E-state index < -0.39 is 17.1 Å². The largest absolute Gasteiger partial charge is 0.452 e. The van der Waals surface area contributed by atoms with Crippen LogP contribution in [0.2, 0.25) is 0 Å². The lowest BCUT2D eigenvalue weighted by atomic mass is 9.85. The summed E-state index contributed by atoms with van der Waals surface area (Å²) in [5.74, 6) is -0.130. The van der Waals surface area contributed by atoms with Crippen molar-refractivity contribution in [2.75, 3.05) is 44.4 Å². The molecule has 0 unspecified atom stereocenters. The van der Waals surface area contributed by atoms with Crippen molar-refractivity contribution in [3.8, 4) is 0 Å². The second kappa shape index (κ2) is 12.9. The number of esters is 1. The fourth-order valence-electron chi connectivity index (χ4n) is 6.28. The maximum atomic E-state index is 14.2. The molecule has 3 heterocycles. The van der Waals surface area contributed by atoms with Gasteiger partial charge in [-0.15, -0.1) is 0 Å². The highest BCUT2D eigenvalue weighted by molar-refractivity contribution is 5.94. The minimum Gasteiger partial charge on any atom is -0.452 e. The number of carbonyl (C=O) groups excluding carboxylic acids is 4. The van der Waals surface area contributed by atoms with E-state index in [-0.39, 0.29) is 24.5 Å². The molecule has 3 aliphatic rings. The third-order valence-corrected chi connectivity index (χ3v) is 8.82. The van der Waals surface area contributed by atoms with Crippen molar-refractivity contribution in [1.29, 1.82) is 0 Å². The van der Waals surface area contributed by atoms with Gasteiger partial charge in [-0.2, -0.15) is 0 Å². The normalized spacial score (nSPS) is 19.0. The number of likely N-dealkylation sites (tertiary alicyclic amines) is 2. The lowest BCUT2D eigenvalue weighted by Crippen LogP contribution is -2.57. The second-order valence-electron chi connectivity index (χ2n) is 13.2. The number of amides is 3. The third kappa shape index (κ3) is 7.00. The van der Waals surface area contributed by atoms with Crippen LogP contribution in [0.4, 0.5) is 10.5 Å². The summed E-state index contributed by atoms with van der Waals surface area (Å²) < 4.78 is 11.0. The second-order valence-corrected chi connectivity index (χ2v) is 13.2. The van der Waals surface area contributed by atoms with Crippen molar-refractivity contribution in [2.45, 2.75) is 71.1 Å². The Morgan fingerprint density at radius 1 is 0.909 bits per heavy atom. The van der Waals surface area contributed by atoms with Gasteiger partial charge in [-0.1, -0.05) is 37.3 Å². The van der Waals surface area contributed by atoms with E-state index in [2.05, 4.69) is 11.8 Å². The molecule has 3 amide bonds. The molecule has 3 fully saturated rings. The number of anilines is 1. The van der Waals surface area contributed by atoms with Gasteiger partial charge in [0.25, 0.3) is 5.91 Å². The van der Waals surface area contributed by atoms with Crippen LogP contribution in [-0.2, 0) is 25.6 Å². The maximum absolute atomic E-state index is 14.2. The van der Waals surface area contributed by atoms with Crippen LogP contribution in [0.1, 0.15) is 69.3 Å². The third-order valence-electron chi connectivity index (χ3n) is 8.82. The van der Waals surface area contributed by atoms with E-state index in [0.29, 0.717) is 63.7 Å². The van der Waals surface area contributed by atoms with E-state index in [1.54, 1.807) is 28.0 Å². The Morgan fingerprint density at radius 3 is 2.25 bits per heavy atom. The average Bonchev–Trinajstić information content (AvgIpc) is 3.26. The fraction of sp³-hybridized carbons (Fsp3) is 0.529. The predicted molar refractivity (Wildman–Crippen MR) is 166 cm³/mol. The van der Waals surface area contributed by atoms with E-state index in [4.69, 9.17) is 9.47 Å². The van der Waals surface area contributed by atoms with Crippen molar-refractivity contribution in [2.24, 2.45) is 5.92 Å². The number of ether oxygens (including phenoxy) is 2. The van der Waals surface area contributed by atoms with Crippen LogP contribution in [0.25, 0.3) is 0 Å². The first-order chi connectivity index (χ1) is 20.9. The van der Waals surface area contributed by atoms with Gasteiger partial charge in [0.15, 0.2) is 6.61 Å². The summed E-state index contributed by atoms with van der Waals surface area (Å²) in [5, 5.41) is 0. The van der Waals surface area contributed by atoms with Crippen LogP contribution in [0, 0.1) is 5.92 Å². The van der Waals surface area contributed by atoms with E-state index in [1.807, 2.05) is 62.1 Å². The van der Waals surface area contributed by atoms with Gasteiger partial charge in [-0.3, -0.25) is 9.59 Å². The molecule has 0 aromatic heterocycles. The molecule has 2 aromatic rings. The molecule has 236 valence electrons. The van der Waals surface area contributed by atoms with Crippen LogP contribution in [-0.4, -0.2) is 89.2 Å². The topological polar surface area (TPSA) is 99.7 Å². The highest BCUT2D eigenvalue weighted by Crippen LogP contribution is 2.40. The molecular formula is C34H44N4O6. The van der Waals surface area contributed by atoms with Crippen molar-refractivity contribution < 1.29 is 28.7 Å². The van der Waals surface area contributed by atoms with Gasteiger partial charge in [0.05, 0.1) is 12.2 Å². The van der Waals surface area contributed by atoms with E-state index >= 15 is 0 Å². The molecule has 0 bridgehead atoms. The zero-order valence-corrected chi connectivity index (χ0v) is 26.3. The highest BCUT2D eigenvalue weighted by atomic mass is 16.6. The maximum Gasteiger partial charge on any atom is 0.410 e. The van der Waals surface area contributed by atoms with Crippen molar-refractivity contribution in [3.05, 3.63) is 65.7 Å². The summed E-state index contributed by atoms with van der Waals surface area (Å²) in [4.78, 5) is 59.7. The molecule has 44 heavy (non-hydrogen) atoms. The molecule has 1 spiro atoms. The standard InChI is InChI=1S/C34H44N4O6/c1-25-13-17-35(18-14-25)29(39)23-43-30(40)27-10-8-9-26(21-27)22-37-24-38(28-11-6-5-7-12-28)34(31(37)41)15-19-36(20-16-34)32(42)44-33(2,3)4/h5-12,21,25H,13-20,22-24H2,1-4H3. The van der Waals surface area contributed by atoms with Crippen LogP contribution in [0.15, 0.2) is 54.6 Å². The van der Waals surface area contributed by atoms with Crippen molar-refractivity contribution in [1.82, 2.24) is 14.7 Å². The average molecular weight is 605 g/mol. The Balaban J connectivity index is 1.26. The Hall–Kier alpha value is -4.08. The number of benzene rings is 2. The van der Waals surface area contributed by atoms with Gasteiger partial charge in [-0.05, 0) is 82.2 Å². The fourth-order valence-corrected chi connectivity index (χ4v) is 6.28. The first-order valence-electron chi connectivity index (χ1n) is 15.6. The Kier molecular flexibility index (Phi) is 9.18. The van der Waals surface area contributed by atoms with Gasteiger partial charge < -0.3 is 29.1 Å². The predicted octanol–water partition coefficient (Wildman–Crippen LogP) is 4.68. The van der Waals surface area contributed by atoms with E-state index in [1.165, 1.54) is 0 Å². The molecule has 0 atom stereocenters. The van der Waals surface area contributed by atoms with Crippen LogP contribution in [0.5, 0.6) is 0 Å². The molecule has 10 nitrogen and oxygen atoms in total. The number of rotatable bonds is 6. The van der Waals surface area contributed by atoms with E-state index in [0.717, 1.165) is 24.1 Å². The van der Waals surface area contributed by atoms with Crippen LogP contribution < -0.4 is 4.90 Å². The van der Waals surface area contributed by atoms with E-state index in [9.17, 15) is 19.2 Å². The number of nitrogens with zero attached hydrogens (tertiary/aromatic N) is 4. The first kappa shape index (κ1) is 31.3. The molecule has 0 aliphatic carbocycles. The molecule has 10 heteroatoms. The minimum absolute atomic E-state index is 0.000354. The summed E-state index contributed by atoms with van der Waals surface area (Å²) in [7, 11) is 0. The van der Waals surface area contributed by atoms with Gasteiger partial charge in [0.1, 0.15) is 11.1 Å². The van der Waals surface area contributed by atoms with Gasteiger partial charge >= 0.3 is 12.1 Å². The summed E-state index contributed by atoms with van der Waals surface area (Å²) in [5.41, 5.74) is 0.697. The smallest absolute Gasteiger partial charge is 0.410 e. The molecular weight excluding hydrogens is 560 g/mol. The molecule has 2 aromatic carbocycles. The molecule has 0 N–H and O–H groups in total. The number of hydrogen-bond acceptors (Lipinski definition) is 7. The van der Waals surface area contributed by atoms with Gasteiger partial charge in [0, 0.05) is 38.4 Å². The van der Waals surface area contributed by atoms with Crippen LogP contribution >= 0.6 is 0 Å². The zero-order chi connectivity index (χ0) is 31.5. The number of hydrogen-bond donors (Lipinski definition) is 0. The van der Waals surface area contributed by atoms with Gasteiger partial charge in [0.2, 0.25) is 5.91 Å². The molecule has 0 saturated carbocycles. The summed E-state index contributed by atoms with van der Waals surface area (Å²) in [6.45, 7) is 10.3. The molecule has 3 saturated heterocycles. The summed E-state index contributed by atoms with van der Waals surface area (Å²) in [6, 6.07) is 16.9. The Morgan fingerprint density at radius 2 is 1.59 bits per heavy atom. The van der Waals surface area contributed by atoms with Crippen molar-refractivity contribution >= 4 is 29.6 Å². The van der Waals surface area contributed by atoms with Crippen molar-refractivity contribution in [3.63, 3.8) is 0 Å². The SMILES string of the molecule is CC1CCN(C(=O)COC(=O)c2cccc(CN3CN(c4ccccc4)C4(CCN(C(=O)OC(C)(C)C)CC4)C3=O)c2)CC1. The molecule has 5 rings (SSSR count).